The number of aldehydes is 1. The van der Waals surface area contributed by atoms with Crippen molar-refractivity contribution >= 4 is 28.7 Å². The highest BCUT2D eigenvalue weighted by atomic mass is 16.2. The predicted octanol–water partition coefficient (Wildman–Crippen LogP) is 2.42. The van der Waals surface area contributed by atoms with Crippen LogP contribution < -0.4 is 4.90 Å². The number of aromatic nitrogens is 1. The monoisotopic (exact) mass is 242 g/mol. The summed E-state index contributed by atoms with van der Waals surface area (Å²) in [6.45, 7) is 4.00. The summed E-state index contributed by atoms with van der Waals surface area (Å²) < 4.78 is 0. The van der Waals surface area contributed by atoms with Gasteiger partial charge in [0.25, 0.3) is 0 Å². The van der Waals surface area contributed by atoms with Crippen LogP contribution in [0.5, 0.6) is 0 Å². The Morgan fingerprint density at radius 1 is 1.33 bits per heavy atom. The van der Waals surface area contributed by atoms with Gasteiger partial charge in [-0.3, -0.25) is 14.6 Å². The lowest BCUT2D eigenvalue weighted by atomic mass is 10.1. The maximum atomic E-state index is 11.6. The van der Waals surface area contributed by atoms with E-state index in [2.05, 4.69) is 4.98 Å². The van der Waals surface area contributed by atoms with E-state index in [-0.39, 0.29) is 5.91 Å². The van der Waals surface area contributed by atoms with Crippen molar-refractivity contribution in [1.82, 2.24) is 4.98 Å². The Hall–Kier alpha value is -2.23. The summed E-state index contributed by atoms with van der Waals surface area (Å²) >= 11 is 0. The van der Waals surface area contributed by atoms with Crippen LogP contribution in [0.15, 0.2) is 30.5 Å². The van der Waals surface area contributed by atoms with Gasteiger partial charge in [-0.15, -0.1) is 0 Å². The van der Waals surface area contributed by atoms with Gasteiger partial charge in [0.2, 0.25) is 5.91 Å². The van der Waals surface area contributed by atoms with E-state index < -0.39 is 0 Å². The third-order valence-electron chi connectivity index (χ3n) is 2.90. The van der Waals surface area contributed by atoms with Crippen molar-refractivity contribution in [2.75, 3.05) is 11.4 Å². The maximum absolute atomic E-state index is 11.6. The first kappa shape index (κ1) is 12.2. The number of carbonyl (C=O) groups excluding carboxylic acids is 2. The third kappa shape index (κ3) is 1.97. The molecule has 0 unspecified atom stereocenters. The van der Waals surface area contributed by atoms with E-state index in [1.165, 1.54) is 6.92 Å². The average molecular weight is 242 g/mol. The molecule has 4 heteroatoms. The number of hydrogen-bond donors (Lipinski definition) is 0. The molecule has 2 aromatic rings. The van der Waals surface area contributed by atoms with Crippen LogP contribution in [0.1, 0.15) is 24.3 Å². The standard InChI is InChI=1S/C14H14N2O2/c1-3-16(10(2)18)14-8-15-13(9-17)11-6-4-5-7-12(11)14/h4-9H,3H2,1-2H3. The Bertz CT molecular complexity index is 608. The van der Waals surface area contributed by atoms with Gasteiger partial charge in [-0.05, 0) is 6.92 Å². The zero-order valence-electron chi connectivity index (χ0n) is 10.4. The molecule has 4 nitrogen and oxygen atoms in total. The summed E-state index contributed by atoms with van der Waals surface area (Å²) in [7, 11) is 0. The van der Waals surface area contributed by atoms with Crippen LogP contribution in [0.4, 0.5) is 5.69 Å². The van der Waals surface area contributed by atoms with Crippen molar-refractivity contribution < 1.29 is 9.59 Å². The van der Waals surface area contributed by atoms with E-state index in [9.17, 15) is 9.59 Å². The van der Waals surface area contributed by atoms with E-state index in [1.807, 2.05) is 31.2 Å². The van der Waals surface area contributed by atoms with E-state index in [0.29, 0.717) is 12.2 Å². The highest BCUT2D eigenvalue weighted by molar-refractivity contribution is 6.06. The topological polar surface area (TPSA) is 50.3 Å². The van der Waals surface area contributed by atoms with Crippen molar-refractivity contribution in [3.63, 3.8) is 0 Å². The molecule has 0 spiro atoms. The van der Waals surface area contributed by atoms with Crippen LogP contribution in [0.25, 0.3) is 10.8 Å². The van der Waals surface area contributed by atoms with E-state index in [1.54, 1.807) is 11.1 Å². The van der Waals surface area contributed by atoms with Gasteiger partial charge in [0.1, 0.15) is 5.69 Å². The minimum absolute atomic E-state index is 0.0386. The number of pyridine rings is 1. The van der Waals surface area contributed by atoms with Crippen LogP contribution in [0.2, 0.25) is 0 Å². The molecule has 0 fully saturated rings. The van der Waals surface area contributed by atoms with Crippen molar-refractivity contribution in [3.05, 3.63) is 36.2 Å². The van der Waals surface area contributed by atoms with Gasteiger partial charge < -0.3 is 4.90 Å². The largest absolute Gasteiger partial charge is 0.311 e. The molecule has 2 rings (SSSR count). The van der Waals surface area contributed by atoms with E-state index in [0.717, 1.165) is 22.7 Å². The lowest BCUT2D eigenvalue weighted by Gasteiger charge is -2.20. The fourth-order valence-corrected chi connectivity index (χ4v) is 2.07. The van der Waals surface area contributed by atoms with Gasteiger partial charge >= 0.3 is 0 Å². The second kappa shape index (κ2) is 4.96. The first-order chi connectivity index (χ1) is 8.69. The lowest BCUT2D eigenvalue weighted by Crippen LogP contribution is -2.28. The summed E-state index contributed by atoms with van der Waals surface area (Å²) in [6, 6.07) is 7.47. The Morgan fingerprint density at radius 3 is 2.56 bits per heavy atom. The lowest BCUT2D eigenvalue weighted by molar-refractivity contribution is -0.116. The molecule has 1 heterocycles. The molecule has 1 aromatic carbocycles. The number of amides is 1. The smallest absolute Gasteiger partial charge is 0.223 e. The van der Waals surface area contributed by atoms with Gasteiger partial charge in [0.15, 0.2) is 6.29 Å². The molecule has 0 atom stereocenters. The number of anilines is 1. The number of hydrogen-bond acceptors (Lipinski definition) is 3. The first-order valence-corrected chi connectivity index (χ1v) is 5.80. The predicted molar refractivity (Wildman–Crippen MR) is 70.8 cm³/mol. The fourth-order valence-electron chi connectivity index (χ4n) is 2.07. The SMILES string of the molecule is CCN(C(C)=O)c1cnc(C=O)c2ccccc12. The molecule has 0 aliphatic rings. The number of rotatable bonds is 3. The first-order valence-electron chi connectivity index (χ1n) is 5.80. The normalized spacial score (nSPS) is 10.3. The quantitative estimate of drug-likeness (QED) is 0.777. The van der Waals surface area contributed by atoms with Crippen LogP contribution in [0, 0.1) is 0 Å². The molecule has 92 valence electrons. The molecule has 0 N–H and O–H groups in total. The summed E-state index contributed by atoms with van der Waals surface area (Å²) in [6.07, 6.45) is 2.31. The van der Waals surface area contributed by atoms with Crippen LogP contribution >= 0.6 is 0 Å². The molecule has 0 radical (unpaired) electrons. The van der Waals surface area contributed by atoms with Crippen LogP contribution in [-0.2, 0) is 4.79 Å². The van der Waals surface area contributed by atoms with Gasteiger partial charge in [0, 0.05) is 24.2 Å². The van der Waals surface area contributed by atoms with Crippen molar-refractivity contribution in [1.29, 1.82) is 0 Å². The highest BCUT2D eigenvalue weighted by Gasteiger charge is 2.14. The number of benzene rings is 1. The second-order valence-corrected chi connectivity index (χ2v) is 3.96. The van der Waals surface area contributed by atoms with Gasteiger partial charge in [-0.25, -0.2) is 0 Å². The number of fused-ring (bicyclic) bond motifs is 1. The molecule has 0 aliphatic carbocycles. The molecule has 0 saturated heterocycles. The molecular weight excluding hydrogens is 228 g/mol. The van der Waals surface area contributed by atoms with Crippen molar-refractivity contribution in [3.8, 4) is 0 Å². The zero-order valence-corrected chi connectivity index (χ0v) is 10.4. The maximum Gasteiger partial charge on any atom is 0.223 e. The van der Waals surface area contributed by atoms with E-state index >= 15 is 0 Å². The van der Waals surface area contributed by atoms with Crippen molar-refractivity contribution in [2.45, 2.75) is 13.8 Å². The minimum Gasteiger partial charge on any atom is -0.311 e. The zero-order chi connectivity index (χ0) is 13.1. The Kier molecular flexibility index (Phi) is 3.37. The Balaban J connectivity index is 2.73. The molecule has 1 aromatic heterocycles. The third-order valence-corrected chi connectivity index (χ3v) is 2.90. The second-order valence-electron chi connectivity index (χ2n) is 3.96. The molecular formula is C14H14N2O2. The molecule has 0 aliphatic heterocycles. The van der Waals surface area contributed by atoms with E-state index in [4.69, 9.17) is 0 Å². The number of carbonyl (C=O) groups is 2. The molecule has 0 saturated carbocycles. The van der Waals surface area contributed by atoms with Crippen molar-refractivity contribution in [2.24, 2.45) is 0 Å². The van der Waals surface area contributed by atoms with Gasteiger partial charge in [-0.2, -0.15) is 0 Å². The minimum atomic E-state index is -0.0386. The van der Waals surface area contributed by atoms with Gasteiger partial charge in [-0.1, -0.05) is 24.3 Å². The van der Waals surface area contributed by atoms with Crippen LogP contribution in [0.3, 0.4) is 0 Å². The molecule has 1 amide bonds. The molecule has 0 bridgehead atoms. The number of nitrogens with zero attached hydrogens (tertiary/aromatic N) is 2. The summed E-state index contributed by atoms with van der Waals surface area (Å²) in [4.78, 5) is 28.3. The Morgan fingerprint density at radius 2 is 2.00 bits per heavy atom. The fraction of sp³-hybridized carbons (Fsp3) is 0.214. The Labute approximate surface area is 105 Å². The van der Waals surface area contributed by atoms with Crippen LogP contribution in [-0.4, -0.2) is 23.7 Å². The highest BCUT2D eigenvalue weighted by Crippen LogP contribution is 2.27. The summed E-state index contributed by atoms with van der Waals surface area (Å²) in [5.41, 5.74) is 1.14. The average Bonchev–Trinajstić information content (AvgIpc) is 2.39. The summed E-state index contributed by atoms with van der Waals surface area (Å²) in [5.74, 6) is -0.0386. The molecule has 18 heavy (non-hydrogen) atoms. The summed E-state index contributed by atoms with van der Waals surface area (Å²) in [5, 5.41) is 1.64. The van der Waals surface area contributed by atoms with Gasteiger partial charge in [0.05, 0.1) is 11.9 Å².